The number of urea groups is 1. The Labute approximate surface area is 120 Å². The highest BCUT2D eigenvalue weighted by Crippen LogP contribution is 2.65. The van der Waals surface area contributed by atoms with E-state index in [9.17, 15) is 4.79 Å². The summed E-state index contributed by atoms with van der Waals surface area (Å²) in [6.07, 6.45) is 5.25. The number of hydrogen-bond donors (Lipinski definition) is 2. The van der Waals surface area contributed by atoms with Gasteiger partial charge >= 0.3 is 6.03 Å². The fourth-order valence-corrected chi connectivity index (χ4v) is 4.21. The zero-order chi connectivity index (χ0) is 14.4. The predicted octanol–water partition coefficient (Wildman–Crippen LogP) is 3.29. The van der Waals surface area contributed by atoms with Gasteiger partial charge in [-0.15, -0.1) is 0 Å². The Morgan fingerprint density at radius 3 is 2.80 bits per heavy atom. The van der Waals surface area contributed by atoms with Gasteiger partial charge in [-0.1, -0.05) is 20.8 Å². The summed E-state index contributed by atoms with van der Waals surface area (Å²) < 4.78 is 5.21. The van der Waals surface area contributed by atoms with Gasteiger partial charge in [0, 0.05) is 6.04 Å². The van der Waals surface area contributed by atoms with Crippen molar-refractivity contribution in [2.24, 2.45) is 16.7 Å². The molecular weight excluding hydrogens is 252 g/mol. The zero-order valence-electron chi connectivity index (χ0n) is 12.5. The maximum absolute atomic E-state index is 12.1. The molecule has 20 heavy (non-hydrogen) atoms. The van der Waals surface area contributed by atoms with Crippen molar-refractivity contribution in [3.8, 4) is 0 Å². The molecule has 4 heteroatoms. The molecule has 2 fully saturated rings. The van der Waals surface area contributed by atoms with Crippen LogP contribution in [0.2, 0.25) is 0 Å². The van der Waals surface area contributed by atoms with Gasteiger partial charge in [0.2, 0.25) is 0 Å². The van der Waals surface area contributed by atoms with E-state index in [0.29, 0.717) is 12.0 Å². The molecule has 1 heterocycles. The van der Waals surface area contributed by atoms with Gasteiger partial charge in [0.25, 0.3) is 0 Å². The molecule has 2 amide bonds. The lowest BCUT2D eigenvalue weighted by atomic mass is 9.69. The lowest BCUT2D eigenvalue weighted by molar-refractivity contribution is 0.123. The quantitative estimate of drug-likeness (QED) is 0.890. The van der Waals surface area contributed by atoms with Crippen molar-refractivity contribution in [3.05, 3.63) is 24.2 Å². The van der Waals surface area contributed by atoms with Crippen molar-refractivity contribution in [1.82, 2.24) is 10.6 Å². The van der Waals surface area contributed by atoms with E-state index < -0.39 is 0 Å². The van der Waals surface area contributed by atoms with Gasteiger partial charge in [-0.05, 0) is 48.1 Å². The van der Waals surface area contributed by atoms with Crippen molar-refractivity contribution in [3.63, 3.8) is 0 Å². The SMILES string of the molecule is CC1(C)[C@H]2CC[C@]1(C)[C@@H](NC(=O)NCc1ccco1)C2. The Bertz CT molecular complexity index is 495. The zero-order valence-corrected chi connectivity index (χ0v) is 12.5. The smallest absolute Gasteiger partial charge is 0.315 e. The molecule has 0 spiro atoms. The van der Waals surface area contributed by atoms with Gasteiger partial charge in [0.15, 0.2) is 0 Å². The first kappa shape index (κ1) is 13.5. The molecule has 3 atom stereocenters. The third-order valence-electron chi connectivity index (χ3n) is 6.10. The summed E-state index contributed by atoms with van der Waals surface area (Å²) in [6, 6.07) is 3.89. The molecule has 3 rings (SSSR count). The Balaban J connectivity index is 1.58. The lowest BCUT2D eigenvalue weighted by Gasteiger charge is -2.39. The number of nitrogens with one attached hydrogen (secondary N) is 2. The highest BCUT2D eigenvalue weighted by atomic mass is 16.3. The van der Waals surface area contributed by atoms with E-state index in [0.717, 1.165) is 18.1 Å². The van der Waals surface area contributed by atoms with Crippen LogP contribution in [0.4, 0.5) is 4.79 Å². The number of carbonyl (C=O) groups is 1. The molecule has 2 aliphatic rings. The van der Waals surface area contributed by atoms with E-state index in [1.807, 2.05) is 12.1 Å². The van der Waals surface area contributed by atoms with Crippen LogP contribution in [0.5, 0.6) is 0 Å². The fraction of sp³-hybridized carbons (Fsp3) is 0.688. The summed E-state index contributed by atoms with van der Waals surface area (Å²) in [7, 11) is 0. The van der Waals surface area contributed by atoms with Crippen LogP contribution in [0.1, 0.15) is 45.8 Å². The molecule has 4 nitrogen and oxygen atoms in total. The molecule has 1 aromatic rings. The average Bonchev–Trinajstić information content (AvgIpc) is 3.02. The minimum Gasteiger partial charge on any atom is -0.467 e. The monoisotopic (exact) mass is 276 g/mol. The van der Waals surface area contributed by atoms with Crippen molar-refractivity contribution >= 4 is 6.03 Å². The highest BCUT2D eigenvalue weighted by Gasteiger charge is 2.61. The topological polar surface area (TPSA) is 54.3 Å². The molecule has 0 radical (unpaired) electrons. The molecule has 2 N–H and O–H groups in total. The number of furan rings is 1. The van der Waals surface area contributed by atoms with Crippen LogP contribution in [0.25, 0.3) is 0 Å². The highest BCUT2D eigenvalue weighted by molar-refractivity contribution is 5.74. The van der Waals surface area contributed by atoms with Crippen LogP contribution in [0, 0.1) is 16.7 Å². The third kappa shape index (κ3) is 1.93. The van der Waals surface area contributed by atoms with Crippen molar-refractivity contribution < 1.29 is 9.21 Å². The van der Waals surface area contributed by atoms with Gasteiger partial charge in [-0.2, -0.15) is 0 Å². The molecule has 0 aliphatic heterocycles. The minimum atomic E-state index is -0.0871. The molecule has 110 valence electrons. The Morgan fingerprint density at radius 2 is 2.25 bits per heavy atom. The summed E-state index contributed by atoms with van der Waals surface area (Å²) in [4.78, 5) is 12.1. The molecule has 0 saturated heterocycles. The van der Waals surface area contributed by atoms with E-state index in [1.165, 1.54) is 12.8 Å². The van der Waals surface area contributed by atoms with Crippen LogP contribution in [0.15, 0.2) is 22.8 Å². The molecule has 2 saturated carbocycles. The largest absolute Gasteiger partial charge is 0.467 e. The Hall–Kier alpha value is -1.45. The molecule has 2 bridgehead atoms. The second kappa shape index (κ2) is 4.54. The van der Waals surface area contributed by atoms with E-state index >= 15 is 0 Å². The summed E-state index contributed by atoms with van der Waals surface area (Å²) in [5.74, 6) is 1.52. The average molecular weight is 276 g/mol. The predicted molar refractivity (Wildman–Crippen MR) is 77.1 cm³/mol. The number of hydrogen-bond acceptors (Lipinski definition) is 2. The first-order chi connectivity index (χ1) is 9.43. The maximum atomic E-state index is 12.1. The molecule has 0 aromatic carbocycles. The van der Waals surface area contributed by atoms with E-state index in [-0.39, 0.29) is 17.5 Å². The van der Waals surface area contributed by atoms with Gasteiger partial charge in [-0.25, -0.2) is 4.79 Å². The minimum absolute atomic E-state index is 0.0871. The number of amides is 2. The van der Waals surface area contributed by atoms with Gasteiger partial charge in [-0.3, -0.25) is 0 Å². The summed E-state index contributed by atoms with van der Waals surface area (Å²) >= 11 is 0. The van der Waals surface area contributed by atoms with Crippen molar-refractivity contribution in [1.29, 1.82) is 0 Å². The van der Waals surface area contributed by atoms with Crippen LogP contribution in [0.3, 0.4) is 0 Å². The number of rotatable bonds is 3. The van der Waals surface area contributed by atoms with E-state index in [4.69, 9.17) is 4.42 Å². The number of fused-ring (bicyclic) bond motifs is 2. The van der Waals surface area contributed by atoms with Crippen molar-refractivity contribution in [2.75, 3.05) is 0 Å². The summed E-state index contributed by atoms with van der Waals surface area (Å²) in [5, 5.41) is 6.05. The normalized spacial score (nSPS) is 34.1. The maximum Gasteiger partial charge on any atom is 0.315 e. The summed E-state index contributed by atoms with van der Waals surface area (Å²) in [5.41, 5.74) is 0.547. The molecule has 0 unspecified atom stereocenters. The van der Waals surface area contributed by atoms with Crippen molar-refractivity contribution in [2.45, 2.75) is 52.6 Å². The van der Waals surface area contributed by atoms with E-state index in [2.05, 4.69) is 31.4 Å². The third-order valence-corrected chi connectivity index (χ3v) is 6.10. The van der Waals surface area contributed by atoms with Crippen LogP contribution in [-0.4, -0.2) is 12.1 Å². The first-order valence-electron chi connectivity index (χ1n) is 7.50. The molecule has 2 aliphatic carbocycles. The van der Waals surface area contributed by atoms with E-state index in [1.54, 1.807) is 6.26 Å². The van der Waals surface area contributed by atoms with Crippen LogP contribution >= 0.6 is 0 Å². The molecular formula is C16H24N2O2. The Morgan fingerprint density at radius 1 is 1.45 bits per heavy atom. The fourth-order valence-electron chi connectivity index (χ4n) is 4.21. The first-order valence-corrected chi connectivity index (χ1v) is 7.50. The Kier molecular flexibility index (Phi) is 3.07. The second-order valence-corrected chi connectivity index (χ2v) is 7.07. The van der Waals surface area contributed by atoms with Crippen LogP contribution in [-0.2, 0) is 6.54 Å². The standard InChI is InChI=1S/C16H24N2O2/c1-15(2)11-6-7-16(15,3)13(9-11)18-14(19)17-10-12-5-4-8-20-12/h4-5,8,11,13H,6-7,9-10H2,1-3H3,(H2,17,18,19)/t11-,13-,16+/m0/s1. The summed E-state index contributed by atoms with van der Waals surface area (Å²) in [6.45, 7) is 7.48. The van der Waals surface area contributed by atoms with Gasteiger partial charge in [0.05, 0.1) is 12.8 Å². The lowest BCUT2D eigenvalue weighted by Crippen LogP contribution is -2.49. The van der Waals surface area contributed by atoms with Crippen LogP contribution < -0.4 is 10.6 Å². The number of carbonyl (C=O) groups excluding carboxylic acids is 1. The van der Waals surface area contributed by atoms with Gasteiger partial charge in [0.1, 0.15) is 5.76 Å². The van der Waals surface area contributed by atoms with Gasteiger partial charge < -0.3 is 15.1 Å². The molecule has 1 aromatic heterocycles. The second-order valence-electron chi connectivity index (χ2n) is 7.07.